The van der Waals surface area contributed by atoms with Crippen LogP contribution in [0.2, 0.25) is 0 Å². The number of benzene rings is 2. The highest BCUT2D eigenvalue weighted by Gasteiger charge is 2.16. The molecule has 0 aliphatic carbocycles. The Kier molecular flexibility index (Phi) is 6.74. The minimum atomic E-state index is 0.249. The summed E-state index contributed by atoms with van der Waals surface area (Å²) in [5, 5.41) is 4.46. The molecule has 0 aliphatic heterocycles. The van der Waals surface area contributed by atoms with E-state index in [1.54, 1.807) is 20.4 Å². The number of halogens is 1. The number of methoxy groups -OCH3 is 2. The van der Waals surface area contributed by atoms with Gasteiger partial charge in [0, 0.05) is 38.9 Å². The van der Waals surface area contributed by atoms with Gasteiger partial charge < -0.3 is 14.8 Å². The summed E-state index contributed by atoms with van der Waals surface area (Å²) in [5.41, 5.74) is 3.82. The third-order valence-electron chi connectivity index (χ3n) is 5.21. The quantitative estimate of drug-likeness (QED) is 0.288. The topological polar surface area (TPSA) is 69.2 Å². The summed E-state index contributed by atoms with van der Waals surface area (Å²) in [6.07, 6.45) is 1.80. The molecule has 0 saturated heterocycles. The van der Waals surface area contributed by atoms with Crippen molar-refractivity contribution >= 4 is 39.3 Å². The predicted octanol–water partition coefficient (Wildman–Crippen LogP) is 6.05. The van der Waals surface area contributed by atoms with Crippen LogP contribution in [0.1, 0.15) is 31.0 Å². The van der Waals surface area contributed by atoms with Crippen LogP contribution in [0.15, 0.2) is 54.7 Å². The number of ether oxygens (including phenoxy) is 2. The maximum atomic E-state index is 5.54. The molecule has 6 nitrogen and oxygen atoms in total. The molecule has 0 radical (unpaired) electrons. The van der Waals surface area contributed by atoms with Gasteiger partial charge >= 0.3 is 0 Å². The molecule has 32 heavy (non-hydrogen) atoms. The highest BCUT2D eigenvalue weighted by molar-refractivity contribution is 14.1. The van der Waals surface area contributed by atoms with Gasteiger partial charge in [-0.3, -0.25) is 0 Å². The zero-order valence-electron chi connectivity index (χ0n) is 18.5. The van der Waals surface area contributed by atoms with E-state index in [4.69, 9.17) is 19.4 Å². The summed E-state index contributed by atoms with van der Waals surface area (Å²) in [5.74, 6) is 3.19. The molecule has 0 spiro atoms. The van der Waals surface area contributed by atoms with E-state index >= 15 is 0 Å². The Bertz CT molecular complexity index is 1260. The van der Waals surface area contributed by atoms with Gasteiger partial charge in [0.2, 0.25) is 0 Å². The zero-order valence-corrected chi connectivity index (χ0v) is 20.7. The molecule has 0 unspecified atom stereocenters. The standard InChI is InChI=1S/C25H25IN4O2/c1-15(2)22-20-10-11-27-25(28-14-17-8-9-19(31-3)13-21(17)32-4)23(20)30-24(29-22)16-6-5-7-18(26)12-16/h5-13,15H,14H2,1-4H3,(H,27,28). The molecule has 0 aliphatic rings. The minimum Gasteiger partial charge on any atom is -0.497 e. The Morgan fingerprint density at radius 3 is 2.56 bits per heavy atom. The molecule has 4 rings (SSSR count). The summed E-state index contributed by atoms with van der Waals surface area (Å²) >= 11 is 2.31. The fourth-order valence-corrected chi connectivity index (χ4v) is 4.13. The Balaban J connectivity index is 1.77. The summed E-state index contributed by atoms with van der Waals surface area (Å²) in [6.45, 7) is 4.84. The molecule has 0 amide bonds. The number of anilines is 1. The van der Waals surface area contributed by atoms with E-state index < -0.39 is 0 Å². The minimum absolute atomic E-state index is 0.249. The Morgan fingerprint density at radius 1 is 1.00 bits per heavy atom. The van der Waals surface area contributed by atoms with Crippen LogP contribution in [0.4, 0.5) is 5.82 Å². The normalized spacial score (nSPS) is 11.1. The van der Waals surface area contributed by atoms with Gasteiger partial charge in [0.1, 0.15) is 17.0 Å². The molecule has 1 N–H and O–H groups in total. The van der Waals surface area contributed by atoms with Crippen LogP contribution in [0.5, 0.6) is 11.5 Å². The van der Waals surface area contributed by atoms with Crippen LogP contribution in [-0.2, 0) is 6.54 Å². The van der Waals surface area contributed by atoms with Crippen LogP contribution >= 0.6 is 22.6 Å². The average molecular weight is 540 g/mol. The van der Waals surface area contributed by atoms with Gasteiger partial charge in [0.25, 0.3) is 0 Å². The smallest absolute Gasteiger partial charge is 0.160 e. The number of aromatic nitrogens is 3. The number of pyridine rings is 1. The van der Waals surface area contributed by atoms with Crippen molar-refractivity contribution in [2.24, 2.45) is 0 Å². The number of fused-ring (bicyclic) bond motifs is 1. The second kappa shape index (κ2) is 9.68. The molecule has 164 valence electrons. The maximum Gasteiger partial charge on any atom is 0.160 e. The molecular formula is C25H25IN4O2. The van der Waals surface area contributed by atoms with Gasteiger partial charge in [-0.1, -0.05) is 26.0 Å². The van der Waals surface area contributed by atoms with Crippen molar-refractivity contribution in [1.29, 1.82) is 0 Å². The molecular weight excluding hydrogens is 515 g/mol. The number of nitrogens with zero attached hydrogens (tertiary/aromatic N) is 3. The first-order chi connectivity index (χ1) is 15.5. The number of hydrogen-bond acceptors (Lipinski definition) is 6. The van der Waals surface area contributed by atoms with Gasteiger partial charge in [-0.2, -0.15) is 0 Å². The highest BCUT2D eigenvalue weighted by Crippen LogP contribution is 2.31. The molecule has 2 aromatic carbocycles. The largest absolute Gasteiger partial charge is 0.497 e. The van der Waals surface area contributed by atoms with E-state index in [0.717, 1.165) is 48.6 Å². The molecule has 0 fully saturated rings. The van der Waals surface area contributed by atoms with Gasteiger partial charge in [-0.05, 0) is 58.8 Å². The van der Waals surface area contributed by atoms with Crippen molar-refractivity contribution in [1.82, 2.24) is 15.0 Å². The second-order valence-corrected chi connectivity index (χ2v) is 8.93. The zero-order chi connectivity index (χ0) is 22.7. The lowest BCUT2D eigenvalue weighted by molar-refractivity contribution is 0.391. The lowest BCUT2D eigenvalue weighted by atomic mass is 10.0. The summed E-state index contributed by atoms with van der Waals surface area (Å²) in [7, 11) is 3.30. The predicted molar refractivity (Wildman–Crippen MR) is 136 cm³/mol. The van der Waals surface area contributed by atoms with Crippen LogP contribution in [-0.4, -0.2) is 29.2 Å². The monoisotopic (exact) mass is 540 g/mol. The van der Waals surface area contributed by atoms with Crippen molar-refractivity contribution < 1.29 is 9.47 Å². The van der Waals surface area contributed by atoms with E-state index in [1.807, 2.05) is 36.4 Å². The van der Waals surface area contributed by atoms with E-state index in [1.165, 1.54) is 0 Å². The average Bonchev–Trinajstić information content (AvgIpc) is 2.81. The number of hydrogen-bond donors (Lipinski definition) is 1. The van der Waals surface area contributed by atoms with Gasteiger partial charge in [0.15, 0.2) is 11.6 Å². The number of rotatable bonds is 7. The third kappa shape index (κ3) is 4.62. The molecule has 7 heteroatoms. The van der Waals surface area contributed by atoms with Crippen LogP contribution in [0.3, 0.4) is 0 Å². The molecule has 0 atom stereocenters. The first-order valence-electron chi connectivity index (χ1n) is 10.4. The summed E-state index contributed by atoms with van der Waals surface area (Å²) in [4.78, 5) is 14.4. The van der Waals surface area contributed by atoms with Crippen molar-refractivity contribution in [3.63, 3.8) is 0 Å². The summed E-state index contributed by atoms with van der Waals surface area (Å²) < 4.78 is 12.0. The Labute approximate surface area is 201 Å². The fraction of sp³-hybridized carbons (Fsp3) is 0.240. The fourth-order valence-electron chi connectivity index (χ4n) is 3.58. The highest BCUT2D eigenvalue weighted by atomic mass is 127. The van der Waals surface area contributed by atoms with E-state index in [0.29, 0.717) is 12.4 Å². The molecule has 2 heterocycles. The van der Waals surface area contributed by atoms with Crippen molar-refractivity contribution in [2.45, 2.75) is 26.3 Å². The molecule has 0 bridgehead atoms. The van der Waals surface area contributed by atoms with Crippen molar-refractivity contribution in [3.8, 4) is 22.9 Å². The van der Waals surface area contributed by atoms with E-state index in [2.05, 4.69) is 58.9 Å². The van der Waals surface area contributed by atoms with Crippen LogP contribution in [0.25, 0.3) is 22.3 Å². The van der Waals surface area contributed by atoms with Crippen molar-refractivity contribution in [3.05, 3.63) is 69.6 Å². The maximum absolute atomic E-state index is 5.54. The van der Waals surface area contributed by atoms with Crippen LogP contribution < -0.4 is 14.8 Å². The second-order valence-electron chi connectivity index (χ2n) is 7.68. The molecule has 2 aromatic heterocycles. The van der Waals surface area contributed by atoms with Gasteiger partial charge in [-0.15, -0.1) is 0 Å². The first-order valence-corrected chi connectivity index (χ1v) is 11.5. The van der Waals surface area contributed by atoms with Gasteiger partial charge in [0.05, 0.1) is 19.9 Å². The number of nitrogens with one attached hydrogen (secondary N) is 1. The van der Waals surface area contributed by atoms with Crippen LogP contribution in [0, 0.1) is 3.57 Å². The Morgan fingerprint density at radius 2 is 1.84 bits per heavy atom. The Hall–Kier alpha value is -2.94. The van der Waals surface area contributed by atoms with Gasteiger partial charge in [-0.25, -0.2) is 15.0 Å². The molecule has 0 saturated carbocycles. The lowest BCUT2D eigenvalue weighted by Crippen LogP contribution is -2.07. The SMILES string of the molecule is COc1ccc(CNc2nccc3c(C(C)C)nc(-c4cccc(I)c4)nc23)c(OC)c1. The third-order valence-corrected chi connectivity index (χ3v) is 5.89. The first kappa shape index (κ1) is 22.3. The van der Waals surface area contributed by atoms with Crippen molar-refractivity contribution in [2.75, 3.05) is 19.5 Å². The lowest BCUT2D eigenvalue weighted by Gasteiger charge is -2.15. The van der Waals surface area contributed by atoms with E-state index in [9.17, 15) is 0 Å². The van der Waals surface area contributed by atoms with E-state index in [-0.39, 0.29) is 5.92 Å². The molecule has 4 aromatic rings. The summed E-state index contributed by atoms with van der Waals surface area (Å²) in [6, 6.07) is 16.0.